The molecule has 0 heterocycles. The lowest BCUT2D eigenvalue weighted by Gasteiger charge is -2.15. The Morgan fingerprint density at radius 1 is 1.31 bits per heavy atom. The third-order valence-corrected chi connectivity index (χ3v) is 1.84. The first-order valence-electron chi connectivity index (χ1n) is 4.10. The lowest BCUT2D eigenvalue weighted by Crippen LogP contribution is -2.20. The van der Waals surface area contributed by atoms with Gasteiger partial charge in [-0.25, -0.2) is 4.39 Å². The fraction of sp³-hybridized carbons (Fsp3) is 0.333. The number of aromatic hydroxyl groups is 1. The minimum absolute atomic E-state index is 0. The molecule has 0 aliphatic carbocycles. The Morgan fingerprint density at radius 3 is 2.38 bits per heavy atom. The standard InChI is InChI=1S/C9H9F4NO.ClH/c10-5-1-2-8(15)6(3-5)7(14)4-9(11,12)13;/h1-3,7,15H,4,14H2;1H/t7-;/m1./s1. The summed E-state index contributed by atoms with van der Waals surface area (Å²) in [6.07, 6.45) is -5.75. The maximum absolute atomic E-state index is 12.7. The summed E-state index contributed by atoms with van der Waals surface area (Å²) < 4.78 is 48.6. The zero-order chi connectivity index (χ0) is 11.6. The molecule has 1 rings (SSSR count). The highest BCUT2D eigenvalue weighted by Crippen LogP contribution is 2.32. The van der Waals surface area contributed by atoms with E-state index in [0.717, 1.165) is 18.2 Å². The average Bonchev–Trinajstić information content (AvgIpc) is 2.06. The van der Waals surface area contributed by atoms with Crippen molar-refractivity contribution in [2.75, 3.05) is 0 Å². The third-order valence-electron chi connectivity index (χ3n) is 1.84. The van der Waals surface area contributed by atoms with Crippen LogP contribution in [0.15, 0.2) is 18.2 Å². The van der Waals surface area contributed by atoms with E-state index in [0.29, 0.717) is 0 Å². The Kier molecular flexibility index (Phi) is 5.02. The molecular formula is C9H10ClF4NO. The molecule has 16 heavy (non-hydrogen) atoms. The van der Waals surface area contributed by atoms with Crippen molar-refractivity contribution in [3.8, 4) is 5.75 Å². The van der Waals surface area contributed by atoms with E-state index in [1.807, 2.05) is 0 Å². The number of halogens is 5. The van der Waals surface area contributed by atoms with E-state index < -0.39 is 30.2 Å². The molecule has 92 valence electrons. The number of rotatable bonds is 2. The van der Waals surface area contributed by atoms with E-state index in [2.05, 4.69) is 0 Å². The van der Waals surface area contributed by atoms with Gasteiger partial charge >= 0.3 is 6.18 Å². The second-order valence-electron chi connectivity index (χ2n) is 3.13. The van der Waals surface area contributed by atoms with Crippen molar-refractivity contribution in [1.82, 2.24) is 0 Å². The minimum Gasteiger partial charge on any atom is -0.508 e. The molecule has 0 unspecified atom stereocenters. The highest BCUT2D eigenvalue weighted by molar-refractivity contribution is 5.85. The Morgan fingerprint density at radius 2 is 1.88 bits per heavy atom. The van der Waals surface area contributed by atoms with Gasteiger partial charge in [-0.2, -0.15) is 13.2 Å². The number of nitrogens with two attached hydrogens (primary N) is 1. The first kappa shape index (κ1) is 15.0. The van der Waals surface area contributed by atoms with E-state index in [1.165, 1.54) is 0 Å². The highest BCUT2D eigenvalue weighted by atomic mass is 35.5. The molecule has 1 atom stereocenters. The first-order chi connectivity index (χ1) is 6.79. The highest BCUT2D eigenvalue weighted by Gasteiger charge is 2.31. The summed E-state index contributed by atoms with van der Waals surface area (Å²) >= 11 is 0. The molecule has 7 heteroatoms. The molecule has 0 fully saturated rings. The molecule has 1 aromatic carbocycles. The van der Waals surface area contributed by atoms with Gasteiger partial charge in [0.2, 0.25) is 0 Å². The van der Waals surface area contributed by atoms with E-state index >= 15 is 0 Å². The maximum Gasteiger partial charge on any atom is 0.390 e. The summed E-state index contributed by atoms with van der Waals surface area (Å²) in [4.78, 5) is 0. The van der Waals surface area contributed by atoms with Crippen LogP contribution in [0.5, 0.6) is 5.75 Å². The van der Waals surface area contributed by atoms with Crippen molar-refractivity contribution < 1.29 is 22.7 Å². The Bertz CT molecular complexity index is 356. The molecule has 1 aromatic rings. The van der Waals surface area contributed by atoms with Gasteiger partial charge in [0.25, 0.3) is 0 Å². The van der Waals surface area contributed by atoms with Gasteiger partial charge < -0.3 is 10.8 Å². The summed E-state index contributed by atoms with van der Waals surface area (Å²) in [6, 6.07) is 1.26. The molecule has 0 saturated carbocycles. The molecule has 0 bridgehead atoms. The lowest BCUT2D eigenvalue weighted by molar-refractivity contribution is -0.138. The number of benzene rings is 1. The topological polar surface area (TPSA) is 46.2 Å². The first-order valence-corrected chi connectivity index (χ1v) is 4.10. The van der Waals surface area contributed by atoms with Crippen molar-refractivity contribution >= 4 is 12.4 Å². The Hall–Kier alpha value is -1.01. The van der Waals surface area contributed by atoms with E-state index in [-0.39, 0.29) is 18.0 Å². The molecule has 2 nitrogen and oxygen atoms in total. The Labute approximate surface area is 95.5 Å². The molecule has 0 aromatic heterocycles. The number of hydrogen-bond acceptors (Lipinski definition) is 2. The van der Waals surface area contributed by atoms with E-state index in [4.69, 9.17) is 5.73 Å². The van der Waals surface area contributed by atoms with Crippen LogP contribution in [0.25, 0.3) is 0 Å². The van der Waals surface area contributed by atoms with Crippen molar-refractivity contribution in [1.29, 1.82) is 0 Å². The predicted octanol–water partition coefficient (Wildman–Crippen LogP) is 2.91. The summed E-state index contributed by atoms with van der Waals surface area (Å²) in [5, 5.41) is 9.19. The van der Waals surface area contributed by atoms with Gasteiger partial charge in [-0.1, -0.05) is 0 Å². The second kappa shape index (κ2) is 5.36. The quantitative estimate of drug-likeness (QED) is 0.802. The van der Waals surface area contributed by atoms with Crippen LogP contribution in [-0.2, 0) is 0 Å². The van der Waals surface area contributed by atoms with Crippen molar-refractivity contribution in [2.45, 2.75) is 18.6 Å². The van der Waals surface area contributed by atoms with Gasteiger partial charge in [-0.3, -0.25) is 0 Å². The fourth-order valence-corrected chi connectivity index (χ4v) is 1.18. The van der Waals surface area contributed by atoms with E-state index in [1.54, 1.807) is 0 Å². The van der Waals surface area contributed by atoms with Crippen molar-refractivity contribution in [3.63, 3.8) is 0 Å². The molecule has 0 aliphatic rings. The maximum atomic E-state index is 12.7. The van der Waals surface area contributed by atoms with Crippen LogP contribution in [0.3, 0.4) is 0 Å². The number of phenolic OH excluding ortho intramolecular Hbond substituents is 1. The SMILES string of the molecule is Cl.N[C@H](CC(F)(F)F)c1cc(F)ccc1O. The molecule has 0 radical (unpaired) electrons. The summed E-state index contributed by atoms with van der Waals surface area (Å²) in [7, 11) is 0. The van der Waals surface area contributed by atoms with Crippen LogP contribution < -0.4 is 5.73 Å². The number of phenols is 1. The van der Waals surface area contributed by atoms with Gasteiger partial charge in [-0.15, -0.1) is 12.4 Å². The smallest absolute Gasteiger partial charge is 0.390 e. The normalized spacial score (nSPS) is 13.1. The van der Waals surface area contributed by atoms with Gasteiger partial charge in [-0.05, 0) is 18.2 Å². The van der Waals surface area contributed by atoms with Crippen LogP contribution in [0, 0.1) is 5.82 Å². The lowest BCUT2D eigenvalue weighted by atomic mass is 10.0. The molecule has 0 spiro atoms. The van der Waals surface area contributed by atoms with Gasteiger partial charge in [0.1, 0.15) is 11.6 Å². The zero-order valence-corrected chi connectivity index (χ0v) is 8.78. The Balaban J connectivity index is 0.00000225. The van der Waals surface area contributed by atoms with Crippen molar-refractivity contribution in [3.05, 3.63) is 29.6 Å². The summed E-state index contributed by atoms with van der Waals surface area (Å²) in [6.45, 7) is 0. The van der Waals surface area contributed by atoms with Crippen LogP contribution in [0.2, 0.25) is 0 Å². The fourth-order valence-electron chi connectivity index (χ4n) is 1.18. The predicted molar refractivity (Wildman–Crippen MR) is 52.9 cm³/mol. The number of hydrogen-bond donors (Lipinski definition) is 2. The van der Waals surface area contributed by atoms with E-state index in [9.17, 15) is 22.7 Å². The van der Waals surface area contributed by atoms with Crippen LogP contribution in [0.4, 0.5) is 17.6 Å². The molecule has 0 aliphatic heterocycles. The zero-order valence-electron chi connectivity index (χ0n) is 7.96. The summed E-state index contributed by atoms with van der Waals surface area (Å²) in [5.74, 6) is -1.17. The van der Waals surface area contributed by atoms with Crippen LogP contribution >= 0.6 is 12.4 Å². The molecular weight excluding hydrogens is 250 g/mol. The van der Waals surface area contributed by atoms with Gasteiger partial charge in [0.05, 0.1) is 6.42 Å². The monoisotopic (exact) mass is 259 g/mol. The summed E-state index contributed by atoms with van der Waals surface area (Å²) in [5.41, 5.74) is 4.96. The van der Waals surface area contributed by atoms with Gasteiger partial charge in [0, 0.05) is 11.6 Å². The number of alkyl halides is 3. The average molecular weight is 260 g/mol. The van der Waals surface area contributed by atoms with Crippen LogP contribution in [-0.4, -0.2) is 11.3 Å². The largest absolute Gasteiger partial charge is 0.508 e. The van der Waals surface area contributed by atoms with Crippen LogP contribution in [0.1, 0.15) is 18.0 Å². The third kappa shape index (κ3) is 4.24. The molecule has 0 amide bonds. The molecule has 0 saturated heterocycles. The van der Waals surface area contributed by atoms with Crippen molar-refractivity contribution in [2.24, 2.45) is 5.73 Å². The van der Waals surface area contributed by atoms with Gasteiger partial charge in [0.15, 0.2) is 0 Å². The second-order valence-corrected chi connectivity index (χ2v) is 3.13. The molecule has 3 N–H and O–H groups in total. The minimum atomic E-state index is -4.45.